The van der Waals surface area contributed by atoms with Crippen LogP contribution in [0.25, 0.3) is 0 Å². The minimum Gasteiger partial charge on any atom is -0.310 e. The van der Waals surface area contributed by atoms with Gasteiger partial charge in [0.1, 0.15) is 0 Å². The maximum Gasteiger partial charge on any atom is 0.0322 e. The monoisotopic (exact) mass is 291 g/mol. The van der Waals surface area contributed by atoms with Crippen LogP contribution in [-0.4, -0.2) is 18.1 Å². The van der Waals surface area contributed by atoms with Crippen LogP contribution in [0.2, 0.25) is 0 Å². The molecule has 0 radical (unpaired) electrons. The Balaban J connectivity index is 2.06. The summed E-state index contributed by atoms with van der Waals surface area (Å²) in [5.74, 6) is 3.63. The highest BCUT2D eigenvalue weighted by molar-refractivity contribution is 7.99. The van der Waals surface area contributed by atoms with Gasteiger partial charge < -0.3 is 5.32 Å². The fraction of sp³-hybridized carbons (Fsp3) is 0.667. The molecule has 0 saturated carbocycles. The third-order valence-corrected chi connectivity index (χ3v) is 5.53. The second kappa shape index (κ2) is 8.09. The standard InChI is InChI=1S/C18H29NS/c1-4-9-19-18(13-16-7-10-20-11-8-16)17-6-5-14(2)15(3)12-17/h5-6,12,16,18-19H,4,7-11,13H2,1-3H3. The van der Waals surface area contributed by atoms with E-state index in [9.17, 15) is 0 Å². The SMILES string of the molecule is CCCNC(CC1CCSCC1)c1ccc(C)c(C)c1. The molecule has 1 unspecified atom stereocenters. The van der Waals surface area contributed by atoms with Gasteiger partial charge in [0, 0.05) is 6.04 Å². The molecule has 1 nitrogen and oxygen atoms in total. The molecule has 0 aromatic heterocycles. The van der Waals surface area contributed by atoms with Gasteiger partial charge in [-0.05, 0) is 80.2 Å². The summed E-state index contributed by atoms with van der Waals surface area (Å²) < 4.78 is 0. The van der Waals surface area contributed by atoms with Gasteiger partial charge in [0.2, 0.25) is 0 Å². The van der Waals surface area contributed by atoms with Crippen molar-refractivity contribution in [1.29, 1.82) is 0 Å². The van der Waals surface area contributed by atoms with Gasteiger partial charge in [-0.25, -0.2) is 0 Å². The lowest BCUT2D eigenvalue weighted by molar-refractivity contribution is 0.370. The van der Waals surface area contributed by atoms with E-state index in [4.69, 9.17) is 0 Å². The van der Waals surface area contributed by atoms with Crippen molar-refractivity contribution in [3.63, 3.8) is 0 Å². The molecule has 1 atom stereocenters. The lowest BCUT2D eigenvalue weighted by Gasteiger charge is -2.27. The van der Waals surface area contributed by atoms with E-state index >= 15 is 0 Å². The second-order valence-corrected chi connectivity index (χ2v) is 7.37. The Morgan fingerprint density at radius 3 is 2.60 bits per heavy atom. The van der Waals surface area contributed by atoms with Crippen LogP contribution in [0.1, 0.15) is 55.3 Å². The molecule has 0 amide bonds. The van der Waals surface area contributed by atoms with E-state index < -0.39 is 0 Å². The maximum absolute atomic E-state index is 3.77. The van der Waals surface area contributed by atoms with Gasteiger partial charge in [-0.1, -0.05) is 25.1 Å². The van der Waals surface area contributed by atoms with Crippen LogP contribution in [0.15, 0.2) is 18.2 Å². The summed E-state index contributed by atoms with van der Waals surface area (Å²) in [7, 11) is 0. The number of hydrogen-bond donors (Lipinski definition) is 1. The molecule has 0 bridgehead atoms. The first kappa shape index (κ1) is 15.9. The number of hydrogen-bond acceptors (Lipinski definition) is 2. The summed E-state index contributed by atoms with van der Waals surface area (Å²) >= 11 is 2.12. The molecule has 112 valence electrons. The van der Waals surface area contributed by atoms with Crippen LogP contribution in [-0.2, 0) is 0 Å². The van der Waals surface area contributed by atoms with Crippen LogP contribution >= 0.6 is 11.8 Å². The van der Waals surface area contributed by atoms with Gasteiger partial charge in [0.15, 0.2) is 0 Å². The molecule has 1 N–H and O–H groups in total. The molecule has 1 aliphatic rings. The number of thioether (sulfide) groups is 1. The molecule has 1 fully saturated rings. The zero-order valence-electron chi connectivity index (χ0n) is 13.2. The summed E-state index contributed by atoms with van der Waals surface area (Å²) in [6.07, 6.45) is 5.32. The predicted molar refractivity (Wildman–Crippen MR) is 91.6 cm³/mol. The smallest absolute Gasteiger partial charge is 0.0322 e. The summed E-state index contributed by atoms with van der Waals surface area (Å²) in [6, 6.07) is 7.54. The van der Waals surface area contributed by atoms with Gasteiger partial charge >= 0.3 is 0 Å². The summed E-state index contributed by atoms with van der Waals surface area (Å²) in [6.45, 7) is 7.81. The minimum atomic E-state index is 0.544. The van der Waals surface area contributed by atoms with Gasteiger partial charge in [0.05, 0.1) is 0 Å². The highest BCUT2D eigenvalue weighted by atomic mass is 32.2. The van der Waals surface area contributed by atoms with E-state index in [-0.39, 0.29) is 0 Å². The zero-order chi connectivity index (χ0) is 14.4. The van der Waals surface area contributed by atoms with Gasteiger partial charge in [0.25, 0.3) is 0 Å². The van der Waals surface area contributed by atoms with E-state index in [0.29, 0.717) is 6.04 Å². The minimum absolute atomic E-state index is 0.544. The molecule has 1 aromatic rings. The lowest BCUT2D eigenvalue weighted by Crippen LogP contribution is -2.26. The van der Waals surface area contributed by atoms with Gasteiger partial charge in [-0.2, -0.15) is 11.8 Å². The molecule has 0 aliphatic carbocycles. The molecule has 1 aliphatic heterocycles. The average Bonchev–Trinajstić information content (AvgIpc) is 2.47. The van der Waals surface area contributed by atoms with Gasteiger partial charge in [-0.3, -0.25) is 0 Å². The Labute approximate surface area is 128 Å². The first-order valence-electron chi connectivity index (χ1n) is 8.09. The van der Waals surface area contributed by atoms with Crippen molar-refractivity contribution in [3.05, 3.63) is 34.9 Å². The molecule has 1 aromatic carbocycles. The zero-order valence-corrected chi connectivity index (χ0v) is 14.1. The molecule has 1 saturated heterocycles. The van der Waals surface area contributed by atoms with Crippen LogP contribution in [0.3, 0.4) is 0 Å². The number of benzene rings is 1. The normalized spacial score (nSPS) is 18.1. The lowest BCUT2D eigenvalue weighted by atomic mass is 9.89. The number of aryl methyl sites for hydroxylation is 2. The first-order chi connectivity index (χ1) is 9.70. The fourth-order valence-corrected chi connectivity index (χ4v) is 4.16. The maximum atomic E-state index is 3.77. The Morgan fingerprint density at radius 1 is 1.20 bits per heavy atom. The second-order valence-electron chi connectivity index (χ2n) is 6.14. The van der Waals surface area contributed by atoms with E-state index in [0.717, 1.165) is 12.5 Å². The van der Waals surface area contributed by atoms with Crippen LogP contribution in [0, 0.1) is 19.8 Å². The molecule has 2 rings (SSSR count). The molecule has 0 spiro atoms. The number of nitrogens with one attached hydrogen (secondary N) is 1. The average molecular weight is 292 g/mol. The molecule has 2 heteroatoms. The van der Waals surface area contributed by atoms with Crippen molar-refractivity contribution < 1.29 is 0 Å². The molecule has 20 heavy (non-hydrogen) atoms. The largest absolute Gasteiger partial charge is 0.310 e. The quantitative estimate of drug-likeness (QED) is 0.802. The van der Waals surface area contributed by atoms with Crippen molar-refractivity contribution in [2.75, 3.05) is 18.1 Å². The van der Waals surface area contributed by atoms with E-state index in [2.05, 4.69) is 56.0 Å². The third-order valence-electron chi connectivity index (χ3n) is 4.48. The van der Waals surface area contributed by atoms with Gasteiger partial charge in [-0.15, -0.1) is 0 Å². The third kappa shape index (κ3) is 4.53. The Hall–Kier alpha value is -0.470. The Morgan fingerprint density at radius 2 is 1.95 bits per heavy atom. The fourth-order valence-electron chi connectivity index (χ4n) is 2.95. The van der Waals surface area contributed by atoms with Crippen molar-refractivity contribution in [1.82, 2.24) is 5.32 Å². The summed E-state index contributed by atoms with van der Waals surface area (Å²) in [5.41, 5.74) is 4.31. The first-order valence-corrected chi connectivity index (χ1v) is 9.24. The predicted octanol–water partition coefficient (Wildman–Crippen LogP) is 4.88. The van der Waals surface area contributed by atoms with Crippen molar-refractivity contribution in [2.45, 2.75) is 52.5 Å². The molecule has 1 heterocycles. The highest BCUT2D eigenvalue weighted by Gasteiger charge is 2.20. The van der Waals surface area contributed by atoms with Crippen LogP contribution in [0.4, 0.5) is 0 Å². The molecular weight excluding hydrogens is 262 g/mol. The Kier molecular flexibility index (Phi) is 6.44. The summed E-state index contributed by atoms with van der Waals surface area (Å²) in [5, 5.41) is 3.77. The van der Waals surface area contributed by atoms with E-state index in [1.807, 2.05) is 0 Å². The summed E-state index contributed by atoms with van der Waals surface area (Å²) in [4.78, 5) is 0. The van der Waals surface area contributed by atoms with Crippen molar-refractivity contribution >= 4 is 11.8 Å². The highest BCUT2D eigenvalue weighted by Crippen LogP contribution is 2.31. The Bertz CT molecular complexity index is 410. The van der Waals surface area contributed by atoms with Crippen molar-refractivity contribution in [2.24, 2.45) is 5.92 Å². The van der Waals surface area contributed by atoms with E-state index in [1.165, 1.54) is 53.9 Å². The van der Waals surface area contributed by atoms with Crippen LogP contribution < -0.4 is 5.32 Å². The topological polar surface area (TPSA) is 12.0 Å². The van der Waals surface area contributed by atoms with Crippen molar-refractivity contribution in [3.8, 4) is 0 Å². The number of rotatable bonds is 6. The van der Waals surface area contributed by atoms with E-state index in [1.54, 1.807) is 0 Å². The molecular formula is C18H29NS. The van der Waals surface area contributed by atoms with Crippen LogP contribution in [0.5, 0.6) is 0 Å².